The molecule has 2 aliphatic rings. The van der Waals surface area contributed by atoms with Gasteiger partial charge < -0.3 is 5.32 Å². The molecule has 0 bridgehead atoms. The van der Waals surface area contributed by atoms with Crippen LogP contribution >= 0.6 is 0 Å². The third-order valence-electron chi connectivity index (χ3n) is 4.97. The minimum atomic E-state index is -0.545. The zero-order valence-corrected chi connectivity index (χ0v) is 13.5. The number of nitrogens with one attached hydrogen (secondary N) is 1. The van der Waals surface area contributed by atoms with E-state index in [9.17, 15) is 13.6 Å². The van der Waals surface area contributed by atoms with Crippen LogP contribution in [0.1, 0.15) is 50.6 Å². The smallest absolute Gasteiger partial charge is 0.223 e. The monoisotopic (exact) mass is 322 g/mol. The van der Waals surface area contributed by atoms with Crippen molar-refractivity contribution in [2.75, 3.05) is 13.1 Å². The van der Waals surface area contributed by atoms with E-state index in [2.05, 4.69) is 10.2 Å². The zero-order chi connectivity index (χ0) is 16.4. The van der Waals surface area contributed by atoms with Gasteiger partial charge in [-0.05, 0) is 51.3 Å². The average Bonchev–Trinajstić information content (AvgIpc) is 3.34. The Kier molecular flexibility index (Phi) is 4.95. The average molecular weight is 322 g/mol. The van der Waals surface area contributed by atoms with Crippen molar-refractivity contribution in [3.8, 4) is 0 Å². The largest absolute Gasteiger partial charge is 0.353 e. The summed E-state index contributed by atoms with van der Waals surface area (Å²) < 4.78 is 27.2. The highest BCUT2D eigenvalue weighted by Crippen LogP contribution is 2.31. The molecule has 3 nitrogen and oxygen atoms in total. The lowest BCUT2D eigenvalue weighted by atomic mass is 9.92. The molecular formula is C18H24F2N2O. The van der Waals surface area contributed by atoms with Crippen molar-refractivity contribution in [1.82, 2.24) is 10.2 Å². The number of benzene rings is 1. The first kappa shape index (κ1) is 16.4. The topological polar surface area (TPSA) is 32.3 Å². The van der Waals surface area contributed by atoms with E-state index in [1.807, 2.05) is 6.92 Å². The number of amides is 1. The SMILES string of the molecule is CC[C@H](c1ccc(F)cc1F)N1CCC(C(=O)NC2CC2)CC1. The maximum atomic E-state index is 14.1. The summed E-state index contributed by atoms with van der Waals surface area (Å²) in [7, 11) is 0. The van der Waals surface area contributed by atoms with Crippen LogP contribution in [0.2, 0.25) is 0 Å². The molecule has 0 spiro atoms. The molecule has 1 N–H and O–H groups in total. The van der Waals surface area contributed by atoms with Crippen molar-refractivity contribution in [3.63, 3.8) is 0 Å². The van der Waals surface area contributed by atoms with E-state index >= 15 is 0 Å². The predicted octanol–water partition coefficient (Wildman–Crippen LogP) is 3.41. The Morgan fingerprint density at radius 2 is 1.96 bits per heavy atom. The highest BCUT2D eigenvalue weighted by Gasteiger charge is 2.32. The van der Waals surface area contributed by atoms with Crippen molar-refractivity contribution in [1.29, 1.82) is 0 Å². The van der Waals surface area contributed by atoms with Gasteiger partial charge in [0, 0.05) is 29.6 Å². The van der Waals surface area contributed by atoms with E-state index in [-0.39, 0.29) is 17.9 Å². The molecule has 0 unspecified atom stereocenters. The third-order valence-corrected chi connectivity index (χ3v) is 4.97. The number of carbonyl (C=O) groups is 1. The second-order valence-corrected chi connectivity index (χ2v) is 6.68. The van der Waals surface area contributed by atoms with Gasteiger partial charge in [-0.15, -0.1) is 0 Å². The fraction of sp³-hybridized carbons (Fsp3) is 0.611. The minimum Gasteiger partial charge on any atom is -0.353 e. The number of rotatable bonds is 5. The van der Waals surface area contributed by atoms with Crippen molar-refractivity contribution in [2.24, 2.45) is 5.92 Å². The molecular weight excluding hydrogens is 298 g/mol. The molecule has 1 saturated carbocycles. The molecule has 0 radical (unpaired) electrons. The molecule has 126 valence electrons. The normalized spacial score (nSPS) is 21.2. The Morgan fingerprint density at radius 1 is 1.26 bits per heavy atom. The van der Waals surface area contributed by atoms with Crippen LogP contribution in [0.25, 0.3) is 0 Å². The summed E-state index contributed by atoms with van der Waals surface area (Å²) in [5, 5.41) is 3.07. The van der Waals surface area contributed by atoms with E-state index in [0.29, 0.717) is 11.6 Å². The molecule has 1 aromatic carbocycles. The number of piperidine rings is 1. The van der Waals surface area contributed by atoms with E-state index in [4.69, 9.17) is 0 Å². The molecule has 1 heterocycles. The van der Waals surface area contributed by atoms with E-state index in [0.717, 1.165) is 51.3 Å². The lowest BCUT2D eigenvalue weighted by Crippen LogP contribution is -2.42. The summed E-state index contributed by atoms with van der Waals surface area (Å²) in [4.78, 5) is 14.3. The van der Waals surface area contributed by atoms with E-state index in [1.54, 1.807) is 6.07 Å². The molecule has 5 heteroatoms. The molecule has 1 saturated heterocycles. The van der Waals surface area contributed by atoms with E-state index < -0.39 is 11.6 Å². The highest BCUT2D eigenvalue weighted by atomic mass is 19.1. The number of halogens is 2. The van der Waals surface area contributed by atoms with Crippen LogP contribution in [-0.4, -0.2) is 29.9 Å². The Labute approximate surface area is 136 Å². The van der Waals surface area contributed by atoms with E-state index in [1.165, 1.54) is 6.07 Å². The van der Waals surface area contributed by atoms with Crippen molar-refractivity contribution < 1.29 is 13.6 Å². The number of carbonyl (C=O) groups excluding carboxylic acids is 1. The Morgan fingerprint density at radius 3 is 2.52 bits per heavy atom. The van der Waals surface area contributed by atoms with Crippen LogP contribution in [0.15, 0.2) is 18.2 Å². The fourth-order valence-corrected chi connectivity index (χ4v) is 3.47. The van der Waals surface area contributed by atoms with Gasteiger partial charge >= 0.3 is 0 Å². The second kappa shape index (κ2) is 6.95. The summed E-state index contributed by atoms with van der Waals surface area (Å²) in [5.74, 6) is -0.780. The summed E-state index contributed by atoms with van der Waals surface area (Å²) >= 11 is 0. The van der Waals surface area contributed by atoms with Crippen LogP contribution < -0.4 is 5.32 Å². The predicted molar refractivity (Wildman–Crippen MR) is 84.9 cm³/mol. The molecule has 1 amide bonds. The standard InChI is InChI=1S/C18H24F2N2O/c1-2-17(15-6-3-13(19)11-16(15)20)22-9-7-12(8-10-22)18(23)21-14-4-5-14/h3,6,11-12,14,17H,2,4-5,7-10H2,1H3,(H,21,23)/t17-/m1/s1. The molecule has 1 atom stereocenters. The quantitative estimate of drug-likeness (QED) is 0.901. The number of nitrogens with zero attached hydrogens (tertiary/aromatic N) is 1. The second-order valence-electron chi connectivity index (χ2n) is 6.68. The first-order valence-corrected chi connectivity index (χ1v) is 8.58. The van der Waals surface area contributed by atoms with Crippen LogP contribution in [0.4, 0.5) is 8.78 Å². The maximum absolute atomic E-state index is 14.1. The van der Waals surface area contributed by atoms with Gasteiger partial charge in [0.2, 0.25) is 5.91 Å². The van der Waals surface area contributed by atoms with Gasteiger partial charge in [-0.3, -0.25) is 9.69 Å². The molecule has 23 heavy (non-hydrogen) atoms. The van der Waals surface area contributed by atoms with Gasteiger partial charge in [0.25, 0.3) is 0 Å². The summed E-state index contributed by atoms with van der Waals surface area (Å²) in [6.07, 6.45) is 4.58. The van der Waals surface area contributed by atoms with Gasteiger partial charge in [0.05, 0.1) is 0 Å². The molecule has 1 aliphatic heterocycles. The Hall–Kier alpha value is -1.49. The molecule has 3 rings (SSSR count). The fourth-order valence-electron chi connectivity index (χ4n) is 3.47. The maximum Gasteiger partial charge on any atom is 0.223 e. The minimum absolute atomic E-state index is 0.0527. The van der Waals surface area contributed by atoms with Crippen LogP contribution in [0.3, 0.4) is 0 Å². The number of likely N-dealkylation sites (tertiary alicyclic amines) is 1. The van der Waals surface area contributed by atoms with Gasteiger partial charge in [0.1, 0.15) is 11.6 Å². The highest BCUT2D eigenvalue weighted by molar-refractivity contribution is 5.79. The third kappa shape index (κ3) is 3.89. The molecule has 1 aliphatic carbocycles. The number of hydrogen-bond acceptors (Lipinski definition) is 2. The lowest BCUT2D eigenvalue weighted by Gasteiger charge is -2.37. The summed E-state index contributed by atoms with van der Waals surface area (Å²) in [6, 6.07) is 4.16. The molecule has 0 aromatic heterocycles. The van der Waals surface area contributed by atoms with Gasteiger partial charge in [-0.2, -0.15) is 0 Å². The Balaban J connectivity index is 1.61. The van der Waals surface area contributed by atoms with Crippen LogP contribution in [0, 0.1) is 17.6 Å². The molecule has 2 fully saturated rings. The van der Waals surface area contributed by atoms with Crippen LogP contribution in [0.5, 0.6) is 0 Å². The van der Waals surface area contributed by atoms with Gasteiger partial charge in [-0.1, -0.05) is 13.0 Å². The summed E-state index contributed by atoms with van der Waals surface area (Å²) in [5.41, 5.74) is 0.551. The zero-order valence-electron chi connectivity index (χ0n) is 13.5. The van der Waals surface area contributed by atoms with Crippen molar-refractivity contribution in [2.45, 2.75) is 51.1 Å². The number of hydrogen-bond donors (Lipinski definition) is 1. The van der Waals surface area contributed by atoms with Gasteiger partial charge in [0.15, 0.2) is 0 Å². The Bertz CT molecular complexity index is 566. The van der Waals surface area contributed by atoms with Crippen molar-refractivity contribution >= 4 is 5.91 Å². The first-order chi connectivity index (χ1) is 11.1. The molecule has 1 aromatic rings. The van der Waals surface area contributed by atoms with Gasteiger partial charge in [-0.25, -0.2) is 8.78 Å². The summed E-state index contributed by atoms with van der Waals surface area (Å²) in [6.45, 7) is 3.56. The lowest BCUT2D eigenvalue weighted by molar-refractivity contribution is -0.126. The van der Waals surface area contributed by atoms with Crippen LogP contribution in [-0.2, 0) is 4.79 Å². The van der Waals surface area contributed by atoms with Crippen molar-refractivity contribution in [3.05, 3.63) is 35.4 Å². The first-order valence-electron chi connectivity index (χ1n) is 8.58.